The van der Waals surface area contributed by atoms with Gasteiger partial charge >= 0.3 is 0 Å². The molecule has 1 fully saturated rings. The zero-order chi connectivity index (χ0) is 15.5. The number of amides is 1. The van der Waals surface area contributed by atoms with E-state index >= 15 is 0 Å². The second-order valence-corrected chi connectivity index (χ2v) is 6.52. The van der Waals surface area contributed by atoms with Crippen molar-refractivity contribution >= 4 is 28.7 Å². The third-order valence-electron chi connectivity index (χ3n) is 4.27. The number of hydrogen-bond donors (Lipinski definition) is 1. The first-order valence-corrected chi connectivity index (χ1v) is 9.06. The predicted octanol–water partition coefficient (Wildman–Crippen LogP) is 1.85. The highest BCUT2D eigenvalue weighted by atomic mass is 32.2. The molecule has 1 saturated heterocycles. The lowest BCUT2D eigenvalue weighted by Crippen LogP contribution is -2.41. The molecule has 0 aliphatic carbocycles. The molecule has 22 heavy (non-hydrogen) atoms. The number of hydrogen-bond acceptors (Lipinski definition) is 4. The number of carbonyl (C=O) groups is 1. The Bertz CT molecular complexity index is 669. The number of imidazole rings is 1. The summed E-state index contributed by atoms with van der Waals surface area (Å²) < 4.78 is 2.06. The van der Waals surface area contributed by atoms with Crippen molar-refractivity contribution in [3.63, 3.8) is 0 Å². The molecule has 2 N–H and O–H groups in total. The summed E-state index contributed by atoms with van der Waals surface area (Å²) in [4.78, 5) is 19.3. The van der Waals surface area contributed by atoms with Crippen molar-refractivity contribution in [3.05, 3.63) is 30.1 Å². The van der Waals surface area contributed by atoms with Gasteiger partial charge < -0.3 is 15.2 Å². The van der Waals surface area contributed by atoms with E-state index in [9.17, 15) is 4.79 Å². The van der Waals surface area contributed by atoms with E-state index in [1.54, 1.807) is 11.8 Å². The number of likely N-dealkylation sites (tertiary alicyclic amines) is 1. The van der Waals surface area contributed by atoms with E-state index in [4.69, 9.17) is 5.73 Å². The van der Waals surface area contributed by atoms with Gasteiger partial charge in [-0.3, -0.25) is 4.79 Å². The van der Waals surface area contributed by atoms with Crippen LogP contribution in [0.2, 0.25) is 0 Å². The van der Waals surface area contributed by atoms with Crippen molar-refractivity contribution in [2.45, 2.75) is 31.2 Å². The van der Waals surface area contributed by atoms with Crippen LogP contribution in [-0.4, -0.2) is 45.7 Å². The number of carbonyl (C=O) groups excluding carboxylic acids is 1. The Hall–Kier alpha value is -1.53. The maximum atomic E-state index is 12.7. The fraction of sp³-hybridized carbons (Fsp3) is 0.500. The first kappa shape index (κ1) is 15.4. The van der Waals surface area contributed by atoms with Gasteiger partial charge in [0.2, 0.25) is 5.91 Å². The number of nitrogens with two attached hydrogens (primary N) is 1. The summed E-state index contributed by atoms with van der Waals surface area (Å²) >= 11 is 1.72. The van der Waals surface area contributed by atoms with Crippen LogP contribution in [0.25, 0.3) is 11.0 Å². The van der Waals surface area contributed by atoms with Crippen LogP contribution in [0.5, 0.6) is 0 Å². The molecule has 1 amide bonds. The molecule has 0 radical (unpaired) electrons. The fourth-order valence-corrected chi connectivity index (χ4v) is 3.65. The number of benzene rings is 1. The average molecular weight is 318 g/mol. The van der Waals surface area contributed by atoms with Gasteiger partial charge in [0, 0.05) is 19.1 Å². The Kier molecular flexibility index (Phi) is 4.69. The number of aromatic nitrogens is 2. The van der Waals surface area contributed by atoms with E-state index in [0.29, 0.717) is 13.1 Å². The Morgan fingerprint density at radius 3 is 3.05 bits per heavy atom. The van der Waals surface area contributed by atoms with E-state index in [1.165, 1.54) is 0 Å². The molecule has 5 nitrogen and oxygen atoms in total. The second kappa shape index (κ2) is 6.71. The molecule has 1 aromatic heterocycles. The van der Waals surface area contributed by atoms with E-state index in [-0.39, 0.29) is 11.9 Å². The van der Waals surface area contributed by atoms with Crippen LogP contribution in [0, 0.1) is 0 Å². The van der Waals surface area contributed by atoms with Crippen molar-refractivity contribution in [1.82, 2.24) is 14.5 Å². The molecular weight excluding hydrogens is 296 g/mol. The first-order chi connectivity index (χ1) is 10.7. The number of para-hydroxylation sites is 2. The SMILES string of the molecule is CSCc1nc2ccccc2n1CC(=O)N1CCCC1CN. The van der Waals surface area contributed by atoms with Crippen LogP contribution < -0.4 is 5.73 Å². The van der Waals surface area contributed by atoms with E-state index < -0.39 is 0 Å². The van der Waals surface area contributed by atoms with Gasteiger partial charge in [0.1, 0.15) is 12.4 Å². The van der Waals surface area contributed by atoms with Gasteiger partial charge in [-0.2, -0.15) is 11.8 Å². The van der Waals surface area contributed by atoms with Crippen LogP contribution in [0.3, 0.4) is 0 Å². The first-order valence-electron chi connectivity index (χ1n) is 7.67. The number of rotatable bonds is 5. The van der Waals surface area contributed by atoms with E-state index in [2.05, 4.69) is 15.8 Å². The molecule has 1 aromatic carbocycles. The Balaban J connectivity index is 1.89. The lowest BCUT2D eigenvalue weighted by Gasteiger charge is -2.24. The zero-order valence-corrected chi connectivity index (χ0v) is 13.7. The Morgan fingerprint density at radius 1 is 1.45 bits per heavy atom. The molecule has 3 rings (SSSR count). The van der Waals surface area contributed by atoms with Gasteiger partial charge in [0.05, 0.1) is 16.8 Å². The lowest BCUT2D eigenvalue weighted by atomic mass is 10.2. The third kappa shape index (κ3) is 2.85. The molecule has 0 bridgehead atoms. The molecule has 6 heteroatoms. The van der Waals surface area contributed by atoms with Crippen LogP contribution in [0.4, 0.5) is 0 Å². The normalized spacial score (nSPS) is 18.3. The van der Waals surface area contributed by atoms with Crippen molar-refractivity contribution in [1.29, 1.82) is 0 Å². The van der Waals surface area contributed by atoms with Crippen LogP contribution in [0.1, 0.15) is 18.7 Å². The minimum atomic E-state index is 0.151. The van der Waals surface area contributed by atoms with Crippen LogP contribution >= 0.6 is 11.8 Å². The maximum Gasteiger partial charge on any atom is 0.242 e. The van der Waals surface area contributed by atoms with Crippen molar-refractivity contribution in [3.8, 4) is 0 Å². The molecule has 2 aromatic rings. The predicted molar refractivity (Wildman–Crippen MR) is 90.7 cm³/mol. The summed E-state index contributed by atoms with van der Waals surface area (Å²) in [6, 6.07) is 8.20. The molecule has 0 spiro atoms. The molecule has 118 valence electrons. The van der Waals surface area contributed by atoms with Gasteiger partial charge in [-0.1, -0.05) is 12.1 Å². The smallest absolute Gasteiger partial charge is 0.242 e. The summed E-state index contributed by atoms with van der Waals surface area (Å²) in [7, 11) is 0. The van der Waals surface area contributed by atoms with Gasteiger partial charge in [-0.15, -0.1) is 0 Å². The lowest BCUT2D eigenvalue weighted by molar-refractivity contribution is -0.132. The second-order valence-electron chi connectivity index (χ2n) is 5.65. The van der Waals surface area contributed by atoms with Crippen molar-refractivity contribution in [2.75, 3.05) is 19.3 Å². The fourth-order valence-electron chi connectivity index (χ4n) is 3.18. The summed E-state index contributed by atoms with van der Waals surface area (Å²) in [5.41, 5.74) is 7.77. The standard InChI is InChI=1S/C16H22N4OS/c1-22-11-15-18-13-6-2-3-7-14(13)20(15)10-16(21)19-8-4-5-12(19)9-17/h2-3,6-7,12H,4-5,8-11,17H2,1H3. The minimum absolute atomic E-state index is 0.151. The van der Waals surface area contributed by atoms with Crippen LogP contribution in [-0.2, 0) is 17.1 Å². The average Bonchev–Trinajstić information content (AvgIpc) is 3.13. The quantitative estimate of drug-likeness (QED) is 0.914. The third-order valence-corrected chi connectivity index (χ3v) is 4.82. The molecular formula is C16H22N4OS. The van der Waals surface area contributed by atoms with E-state index in [1.807, 2.05) is 29.2 Å². The summed E-state index contributed by atoms with van der Waals surface area (Å²) in [6.07, 6.45) is 4.12. The van der Waals surface area contributed by atoms with Gasteiger partial charge in [0.25, 0.3) is 0 Å². The molecule has 1 aliphatic heterocycles. The molecule has 1 aliphatic rings. The molecule has 0 saturated carbocycles. The minimum Gasteiger partial charge on any atom is -0.337 e. The summed E-state index contributed by atoms with van der Waals surface area (Å²) in [6.45, 7) is 1.73. The highest BCUT2D eigenvalue weighted by Gasteiger charge is 2.28. The molecule has 1 unspecified atom stereocenters. The number of fused-ring (bicyclic) bond motifs is 1. The summed E-state index contributed by atoms with van der Waals surface area (Å²) in [5, 5.41) is 0. The molecule has 2 heterocycles. The number of thioether (sulfide) groups is 1. The van der Waals surface area contributed by atoms with Crippen LogP contribution in [0.15, 0.2) is 24.3 Å². The highest BCUT2D eigenvalue weighted by Crippen LogP contribution is 2.21. The summed E-state index contributed by atoms with van der Waals surface area (Å²) in [5.74, 6) is 1.92. The zero-order valence-electron chi connectivity index (χ0n) is 12.9. The van der Waals surface area contributed by atoms with Gasteiger partial charge in [-0.05, 0) is 31.2 Å². The topological polar surface area (TPSA) is 64.2 Å². The Labute approximate surface area is 134 Å². The maximum absolute atomic E-state index is 12.7. The Morgan fingerprint density at radius 2 is 2.27 bits per heavy atom. The van der Waals surface area contributed by atoms with Crippen molar-refractivity contribution < 1.29 is 4.79 Å². The van der Waals surface area contributed by atoms with E-state index in [0.717, 1.165) is 42.0 Å². The van der Waals surface area contributed by atoms with Gasteiger partial charge in [-0.25, -0.2) is 4.98 Å². The number of nitrogens with zero attached hydrogens (tertiary/aromatic N) is 3. The monoisotopic (exact) mass is 318 g/mol. The highest BCUT2D eigenvalue weighted by molar-refractivity contribution is 7.97. The molecule has 1 atom stereocenters. The van der Waals surface area contributed by atoms with Crippen molar-refractivity contribution in [2.24, 2.45) is 5.73 Å². The van der Waals surface area contributed by atoms with Gasteiger partial charge in [0.15, 0.2) is 0 Å². The largest absolute Gasteiger partial charge is 0.337 e.